The lowest BCUT2D eigenvalue weighted by Crippen LogP contribution is -2.44. The number of likely N-dealkylation sites (tertiary alicyclic amines) is 1. The second kappa shape index (κ2) is 6.86. The van der Waals surface area contributed by atoms with Crippen LogP contribution in [0.15, 0.2) is 42.5 Å². The van der Waals surface area contributed by atoms with E-state index < -0.39 is 18.1 Å². The molecule has 0 unspecified atom stereocenters. The minimum Gasteiger partial charge on any atom is -0.464 e. The Morgan fingerprint density at radius 1 is 1.21 bits per heavy atom. The first-order valence-electron chi connectivity index (χ1n) is 7.97. The number of rotatable bonds is 4. The number of ether oxygens (including phenoxy) is 2. The smallest absolute Gasteiger partial charge is 0.410 e. The molecule has 1 aliphatic carbocycles. The molecule has 3 rings (SSSR count). The number of carbonyl (C=O) groups is 3. The predicted octanol–water partition coefficient (Wildman–Crippen LogP) is 1.94. The van der Waals surface area contributed by atoms with E-state index in [4.69, 9.17) is 9.47 Å². The Morgan fingerprint density at radius 3 is 2.67 bits per heavy atom. The monoisotopic (exact) mass is 329 g/mol. The van der Waals surface area contributed by atoms with Crippen molar-refractivity contribution < 1.29 is 23.9 Å². The highest BCUT2D eigenvalue weighted by molar-refractivity contribution is 5.97. The summed E-state index contributed by atoms with van der Waals surface area (Å²) >= 11 is 0. The summed E-state index contributed by atoms with van der Waals surface area (Å²) in [6.07, 6.45) is 2.57. The number of esters is 1. The highest BCUT2D eigenvalue weighted by atomic mass is 16.6. The maximum Gasteiger partial charge on any atom is 0.410 e. The summed E-state index contributed by atoms with van der Waals surface area (Å²) in [5.41, 5.74) is 0.855. The molecule has 0 saturated carbocycles. The molecule has 1 aliphatic heterocycles. The summed E-state index contributed by atoms with van der Waals surface area (Å²) in [6, 6.07) is 8.48. The zero-order valence-electron chi connectivity index (χ0n) is 13.4. The number of fused-ring (bicyclic) bond motifs is 1. The van der Waals surface area contributed by atoms with Gasteiger partial charge in [-0.05, 0) is 18.6 Å². The average molecular weight is 329 g/mol. The molecule has 2 aliphatic rings. The van der Waals surface area contributed by atoms with Crippen molar-refractivity contribution in [1.82, 2.24) is 4.90 Å². The third kappa shape index (κ3) is 3.04. The van der Waals surface area contributed by atoms with E-state index in [2.05, 4.69) is 0 Å². The number of ketones is 1. The van der Waals surface area contributed by atoms with Crippen LogP contribution in [0.1, 0.15) is 12.5 Å². The molecule has 0 spiro atoms. The van der Waals surface area contributed by atoms with Gasteiger partial charge >= 0.3 is 12.1 Å². The van der Waals surface area contributed by atoms with Crippen molar-refractivity contribution in [3.8, 4) is 0 Å². The Labute approximate surface area is 140 Å². The van der Waals surface area contributed by atoms with E-state index in [-0.39, 0.29) is 37.4 Å². The van der Waals surface area contributed by atoms with Gasteiger partial charge in [0.25, 0.3) is 0 Å². The van der Waals surface area contributed by atoms with E-state index in [0.717, 1.165) is 5.56 Å². The summed E-state index contributed by atoms with van der Waals surface area (Å²) in [5, 5.41) is 0. The minimum atomic E-state index is -0.805. The highest BCUT2D eigenvalue weighted by Crippen LogP contribution is 2.37. The van der Waals surface area contributed by atoms with E-state index in [1.165, 1.54) is 11.0 Å². The largest absolute Gasteiger partial charge is 0.464 e. The van der Waals surface area contributed by atoms with E-state index in [1.54, 1.807) is 13.0 Å². The molecule has 1 fully saturated rings. The average Bonchev–Trinajstić information content (AvgIpc) is 3.14. The van der Waals surface area contributed by atoms with Crippen LogP contribution in [-0.4, -0.2) is 41.9 Å². The Hall–Kier alpha value is -2.63. The topological polar surface area (TPSA) is 72.9 Å². The Bertz CT molecular complexity index is 669. The van der Waals surface area contributed by atoms with E-state index in [9.17, 15) is 14.4 Å². The first-order chi connectivity index (χ1) is 11.6. The molecule has 0 bridgehead atoms. The fraction of sp³-hybridized carbons (Fsp3) is 0.389. The van der Waals surface area contributed by atoms with Gasteiger partial charge in [0, 0.05) is 18.4 Å². The van der Waals surface area contributed by atoms with Crippen LogP contribution in [0.5, 0.6) is 0 Å². The fourth-order valence-corrected chi connectivity index (χ4v) is 3.23. The molecule has 1 heterocycles. The highest BCUT2D eigenvalue weighted by Gasteiger charge is 2.52. The second-order valence-corrected chi connectivity index (χ2v) is 5.83. The van der Waals surface area contributed by atoms with Crippen molar-refractivity contribution >= 4 is 17.8 Å². The van der Waals surface area contributed by atoms with Crippen LogP contribution in [0.2, 0.25) is 0 Å². The van der Waals surface area contributed by atoms with E-state index in [1.807, 2.05) is 30.3 Å². The quantitative estimate of drug-likeness (QED) is 0.789. The van der Waals surface area contributed by atoms with Crippen molar-refractivity contribution in [3.05, 3.63) is 48.0 Å². The normalized spacial score (nSPS) is 24.8. The molecular weight excluding hydrogens is 310 g/mol. The molecule has 0 N–H and O–H groups in total. The van der Waals surface area contributed by atoms with Crippen molar-refractivity contribution in [2.75, 3.05) is 13.2 Å². The van der Waals surface area contributed by atoms with Crippen molar-refractivity contribution in [3.63, 3.8) is 0 Å². The van der Waals surface area contributed by atoms with E-state index in [0.29, 0.717) is 0 Å². The van der Waals surface area contributed by atoms with Gasteiger partial charge in [-0.2, -0.15) is 0 Å². The third-order valence-corrected chi connectivity index (χ3v) is 4.37. The first-order valence-corrected chi connectivity index (χ1v) is 7.97. The predicted molar refractivity (Wildman–Crippen MR) is 84.9 cm³/mol. The fourth-order valence-electron chi connectivity index (χ4n) is 3.23. The Morgan fingerprint density at radius 2 is 1.96 bits per heavy atom. The summed E-state index contributed by atoms with van der Waals surface area (Å²) < 4.78 is 10.4. The van der Waals surface area contributed by atoms with Crippen molar-refractivity contribution in [1.29, 1.82) is 0 Å². The third-order valence-electron chi connectivity index (χ3n) is 4.37. The van der Waals surface area contributed by atoms with Gasteiger partial charge in [-0.1, -0.05) is 36.4 Å². The standard InChI is InChI=1S/C18H19NO5/c1-2-23-17(21)16-13-8-9-15(20)14(13)10-19(16)18(22)24-11-12-6-4-3-5-7-12/h3-9,13-14,16H,2,10-11H2,1H3/t13-,14-,16-/m0/s1. The van der Waals surface area contributed by atoms with Gasteiger partial charge in [0.05, 0.1) is 6.61 Å². The molecule has 6 nitrogen and oxygen atoms in total. The van der Waals surface area contributed by atoms with Crippen LogP contribution < -0.4 is 0 Å². The molecule has 3 atom stereocenters. The van der Waals surface area contributed by atoms with Crippen LogP contribution in [0.4, 0.5) is 4.79 Å². The molecule has 24 heavy (non-hydrogen) atoms. The maximum absolute atomic E-state index is 12.4. The van der Waals surface area contributed by atoms with Gasteiger partial charge in [-0.15, -0.1) is 0 Å². The zero-order chi connectivity index (χ0) is 17.1. The molecule has 126 valence electrons. The van der Waals surface area contributed by atoms with Gasteiger partial charge in [-0.3, -0.25) is 9.69 Å². The van der Waals surface area contributed by atoms with Gasteiger partial charge < -0.3 is 9.47 Å². The number of amides is 1. The molecule has 1 saturated heterocycles. The number of allylic oxidation sites excluding steroid dienone is 1. The lowest BCUT2D eigenvalue weighted by molar-refractivity contribution is -0.148. The number of nitrogens with zero attached hydrogens (tertiary/aromatic N) is 1. The second-order valence-electron chi connectivity index (χ2n) is 5.83. The lowest BCUT2D eigenvalue weighted by Gasteiger charge is -2.24. The lowest BCUT2D eigenvalue weighted by atomic mass is 9.93. The van der Waals surface area contributed by atoms with Crippen LogP contribution in [0.3, 0.4) is 0 Å². The minimum absolute atomic E-state index is 0.0624. The summed E-state index contributed by atoms with van der Waals surface area (Å²) in [6.45, 7) is 2.22. The molecule has 1 amide bonds. The van der Waals surface area contributed by atoms with Crippen molar-refractivity contribution in [2.24, 2.45) is 11.8 Å². The SMILES string of the molecule is CCOC(=O)[C@@H]1[C@H]2C=CC(=O)[C@H]2CN1C(=O)OCc1ccccc1. The van der Waals surface area contributed by atoms with Crippen LogP contribution >= 0.6 is 0 Å². The van der Waals surface area contributed by atoms with Crippen molar-refractivity contribution in [2.45, 2.75) is 19.6 Å². The van der Waals surface area contributed by atoms with Gasteiger partial charge in [0.1, 0.15) is 12.6 Å². The van der Waals surface area contributed by atoms with Gasteiger partial charge in [0.2, 0.25) is 0 Å². The Kier molecular flexibility index (Phi) is 4.64. The maximum atomic E-state index is 12.4. The molecule has 1 aromatic carbocycles. The van der Waals surface area contributed by atoms with Crippen LogP contribution in [0, 0.1) is 11.8 Å². The van der Waals surface area contributed by atoms with Crippen LogP contribution in [0.25, 0.3) is 0 Å². The summed E-state index contributed by atoms with van der Waals surface area (Å²) in [4.78, 5) is 37.9. The number of carbonyl (C=O) groups excluding carboxylic acids is 3. The zero-order valence-corrected chi connectivity index (χ0v) is 13.4. The number of benzene rings is 1. The molecular formula is C18H19NO5. The van der Waals surface area contributed by atoms with Gasteiger partial charge in [0.15, 0.2) is 5.78 Å². The summed E-state index contributed by atoms with van der Waals surface area (Å²) in [5.74, 6) is -1.28. The Balaban J connectivity index is 1.72. The molecule has 1 aromatic rings. The number of hydrogen-bond donors (Lipinski definition) is 0. The first kappa shape index (κ1) is 16.2. The van der Waals surface area contributed by atoms with Crippen LogP contribution in [-0.2, 0) is 25.7 Å². The van der Waals surface area contributed by atoms with Gasteiger partial charge in [-0.25, -0.2) is 9.59 Å². The number of hydrogen-bond acceptors (Lipinski definition) is 5. The molecule has 0 radical (unpaired) electrons. The molecule has 6 heteroatoms. The summed E-state index contributed by atoms with van der Waals surface area (Å²) in [7, 11) is 0. The van der Waals surface area contributed by atoms with E-state index >= 15 is 0 Å². The molecule has 0 aromatic heterocycles.